The molecule has 1 amide bonds. The van der Waals surface area contributed by atoms with Crippen LogP contribution in [0.25, 0.3) is 0 Å². The topological polar surface area (TPSA) is 71.0 Å². The Kier molecular flexibility index (Phi) is 5.81. The SMILES string of the molecule is CC(C)[C@H]1CN(Cc2ccc3c(c2)OCCO3)C[C@@H]1NC(=O)CCO. The van der Waals surface area contributed by atoms with Crippen molar-refractivity contribution in [1.82, 2.24) is 10.2 Å². The van der Waals surface area contributed by atoms with Gasteiger partial charge in [0.05, 0.1) is 6.61 Å². The van der Waals surface area contributed by atoms with Gasteiger partial charge in [-0.3, -0.25) is 9.69 Å². The molecule has 138 valence electrons. The number of aliphatic hydroxyl groups is 1. The molecule has 2 aliphatic rings. The van der Waals surface area contributed by atoms with Crippen LogP contribution >= 0.6 is 0 Å². The number of aliphatic hydroxyl groups excluding tert-OH is 1. The summed E-state index contributed by atoms with van der Waals surface area (Å²) in [5.74, 6) is 2.46. The number of carbonyl (C=O) groups is 1. The fraction of sp³-hybridized carbons (Fsp3) is 0.632. The van der Waals surface area contributed by atoms with Crippen LogP contribution in [0.4, 0.5) is 0 Å². The second kappa shape index (κ2) is 8.06. The highest BCUT2D eigenvalue weighted by Gasteiger charge is 2.35. The minimum atomic E-state index is -0.105. The number of fused-ring (bicyclic) bond motifs is 1. The van der Waals surface area contributed by atoms with Crippen LogP contribution in [-0.4, -0.2) is 54.9 Å². The van der Waals surface area contributed by atoms with Crippen LogP contribution in [0.15, 0.2) is 18.2 Å². The van der Waals surface area contributed by atoms with Gasteiger partial charge in [0.25, 0.3) is 0 Å². The molecule has 25 heavy (non-hydrogen) atoms. The van der Waals surface area contributed by atoms with Gasteiger partial charge in [-0.15, -0.1) is 0 Å². The fourth-order valence-corrected chi connectivity index (χ4v) is 3.70. The molecular weight excluding hydrogens is 320 g/mol. The van der Waals surface area contributed by atoms with Crippen molar-refractivity contribution in [2.45, 2.75) is 32.9 Å². The summed E-state index contributed by atoms with van der Waals surface area (Å²) in [5, 5.41) is 12.0. The second-order valence-corrected chi connectivity index (χ2v) is 7.23. The number of amides is 1. The molecule has 0 radical (unpaired) electrons. The number of benzene rings is 1. The van der Waals surface area contributed by atoms with Crippen LogP contribution in [0.3, 0.4) is 0 Å². The summed E-state index contributed by atoms with van der Waals surface area (Å²) in [5.41, 5.74) is 1.19. The largest absolute Gasteiger partial charge is 0.486 e. The van der Waals surface area contributed by atoms with Crippen LogP contribution < -0.4 is 14.8 Å². The summed E-state index contributed by atoms with van der Waals surface area (Å²) in [4.78, 5) is 14.2. The number of carbonyl (C=O) groups excluding carboxylic acids is 1. The molecule has 1 saturated heterocycles. The lowest BCUT2D eigenvalue weighted by atomic mass is 9.91. The monoisotopic (exact) mass is 348 g/mol. The van der Waals surface area contributed by atoms with Gasteiger partial charge in [-0.05, 0) is 29.5 Å². The normalized spacial score (nSPS) is 23.0. The zero-order valence-corrected chi connectivity index (χ0v) is 15.0. The van der Waals surface area contributed by atoms with Crippen LogP contribution in [0.2, 0.25) is 0 Å². The van der Waals surface area contributed by atoms with E-state index in [2.05, 4.69) is 36.2 Å². The Labute approximate surface area is 149 Å². The van der Waals surface area contributed by atoms with Crippen molar-refractivity contribution >= 4 is 5.91 Å². The molecule has 6 nitrogen and oxygen atoms in total. The average Bonchev–Trinajstić information content (AvgIpc) is 2.97. The van der Waals surface area contributed by atoms with Crippen molar-refractivity contribution in [3.05, 3.63) is 23.8 Å². The standard InChI is InChI=1S/C19H28N2O4/c1-13(2)15-11-21(12-16(15)20-19(23)5-6-22)10-14-3-4-17-18(9-14)25-8-7-24-17/h3-4,9,13,15-16,22H,5-8,10-12H2,1-2H3,(H,20,23)/t15-,16+/m1/s1. The van der Waals surface area contributed by atoms with Crippen LogP contribution in [0.1, 0.15) is 25.8 Å². The molecule has 6 heteroatoms. The molecule has 2 N–H and O–H groups in total. The molecule has 2 atom stereocenters. The van der Waals surface area contributed by atoms with Gasteiger partial charge in [-0.1, -0.05) is 19.9 Å². The fourth-order valence-electron chi connectivity index (χ4n) is 3.70. The number of hydrogen-bond donors (Lipinski definition) is 2. The van der Waals surface area contributed by atoms with Gasteiger partial charge < -0.3 is 19.9 Å². The molecule has 3 rings (SSSR count). The first-order valence-electron chi connectivity index (χ1n) is 9.08. The Balaban J connectivity index is 1.64. The Morgan fingerprint density at radius 1 is 1.28 bits per heavy atom. The number of hydrogen-bond acceptors (Lipinski definition) is 5. The van der Waals surface area contributed by atoms with Gasteiger partial charge in [-0.25, -0.2) is 0 Å². The highest BCUT2D eigenvalue weighted by Crippen LogP contribution is 2.32. The van der Waals surface area contributed by atoms with E-state index in [4.69, 9.17) is 14.6 Å². The lowest BCUT2D eigenvalue weighted by molar-refractivity contribution is -0.122. The first-order valence-corrected chi connectivity index (χ1v) is 9.08. The number of ether oxygens (including phenoxy) is 2. The van der Waals surface area contributed by atoms with Crippen molar-refractivity contribution in [2.75, 3.05) is 32.9 Å². The van der Waals surface area contributed by atoms with Crippen molar-refractivity contribution in [3.63, 3.8) is 0 Å². The maximum atomic E-state index is 11.9. The first-order chi connectivity index (χ1) is 12.1. The van der Waals surface area contributed by atoms with E-state index in [9.17, 15) is 4.79 Å². The molecule has 1 aromatic rings. The van der Waals surface area contributed by atoms with Gasteiger partial charge in [0.15, 0.2) is 11.5 Å². The zero-order valence-electron chi connectivity index (χ0n) is 15.0. The Bertz CT molecular complexity index is 605. The summed E-state index contributed by atoms with van der Waals surface area (Å²) < 4.78 is 11.2. The highest BCUT2D eigenvalue weighted by molar-refractivity contribution is 5.76. The van der Waals surface area contributed by atoms with E-state index >= 15 is 0 Å². The minimum absolute atomic E-state index is 0.0701. The molecule has 2 heterocycles. The minimum Gasteiger partial charge on any atom is -0.486 e. The van der Waals surface area contributed by atoms with E-state index in [1.165, 1.54) is 5.56 Å². The van der Waals surface area contributed by atoms with Crippen molar-refractivity contribution in [2.24, 2.45) is 11.8 Å². The van der Waals surface area contributed by atoms with Crippen molar-refractivity contribution in [1.29, 1.82) is 0 Å². The van der Waals surface area contributed by atoms with Gasteiger partial charge in [0.1, 0.15) is 13.2 Å². The molecule has 0 unspecified atom stereocenters. The van der Waals surface area contributed by atoms with E-state index < -0.39 is 0 Å². The van der Waals surface area contributed by atoms with E-state index in [0.717, 1.165) is 31.1 Å². The van der Waals surface area contributed by atoms with Gasteiger partial charge in [0.2, 0.25) is 5.91 Å². The molecule has 0 spiro atoms. The summed E-state index contributed by atoms with van der Waals surface area (Å²) in [6.07, 6.45) is 0.170. The van der Waals surface area contributed by atoms with E-state index in [1.807, 2.05) is 6.07 Å². The third-order valence-electron chi connectivity index (χ3n) is 5.00. The predicted molar refractivity (Wildman–Crippen MR) is 94.7 cm³/mol. The van der Waals surface area contributed by atoms with Crippen LogP contribution in [0.5, 0.6) is 11.5 Å². The van der Waals surface area contributed by atoms with Crippen molar-refractivity contribution in [3.8, 4) is 11.5 Å². The molecule has 0 aromatic heterocycles. The number of nitrogens with zero attached hydrogens (tertiary/aromatic N) is 1. The smallest absolute Gasteiger partial charge is 0.222 e. The van der Waals surface area contributed by atoms with Gasteiger partial charge >= 0.3 is 0 Å². The van der Waals surface area contributed by atoms with E-state index in [0.29, 0.717) is 25.0 Å². The molecule has 1 fully saturated rings. The average molecular weight is 348 g/mol. The number of rotatable bonds is 6. The third-order valence-corrected chi connectivity index (χ3v) is 5.00. The maximum absolute atomic E-state index is 11.9. The quantitative estimate of drug-likeness (QED) is 0.813. The van der Waals surface area contributed by atoms with Gasteiger partial charge in [-0.2, -0.15) is 0 Å². The molecule has 2 aliphatic heterocycles. The van der Waals surface area contributed by atoms with Crippen molar-refractivity contribution < 1.29 is 19.4 Å². The molecule has 0 bridgehead atoms. The predicted octanol–water partition coefficient (Wildman–Crippen LogP) is 1.41. The molecule has 1 aromatic carbocycles. The Hall–Kier alpha value is -1.79. The summed E-state index contributed by atoms with van der Waals surface area (Å²) >= 11 is 0. The van der Waals surface area contributed by atoms with E-state index in [-0.39, 0.29) is 25.0 Å². The molecule has 0 saturated carbocycles. The summed E-state index contributed by atoms with van der Waals surface area (Å²) in [6, 6.07) is 6.24. The molecular formula is C19H28N2O4. The lowest BCUT2D eigenvalue weighted by Crippen LogP contribution is -2.42. The Morgan fingerprint density at radius 2 is 2.04 bits per heavy atom. The summed E-state index contributed by atoms with van der Waals surface area (Å²) in [7, 11) is 0. The van der Waals surface area contributed by atoms with Crippen LogP contribution in [0, 0.1) is 11.8 Å². The third kappa shape index (κ3) is 4.44. The second-order valence-electron chi connectivity index (χ2n) is 7.23. The van der Waals surface area contributed by atoms with Crippen LogP contribution in [-0.2, 0) is 11.3 Å². The first kappa shape index (κ1) is 18.0. The van der Waals surface area contributed by atoms with E-state index in [1.54, 1.807) is 0 Å². The maximum Gasteiger partial charge on any atom is 0.222 e. The molecule has 0 aliphatic carbocycles. The Morgan fingerprint density at radius 3 is 2.76 bits per heavy atom. The lowest BCUT2D eigenvalue weighted by Gasteiger charge is -2.22. The highest BCUT2D eigenvalue weighted by atomic mass is 16.6. The number of likely N-dealkylation sites (tertiary alicyclic amines) is 1. The zero-order chi connectivity index (χ0) is 17.8. The van der Waals surface area contributed by atoms with Gasteiger partial charge in [0, 0.05) is 32.1 Å². The summed E-state index contributed by atoms with van der Waals surface area (Å²) in [6.45, 7) is 8.09. The number of nitrogens with one attached hydrogen (secondary N) is 1.